The monoisotopic (exact) mass is 332 g/mol. The first-order chi connectivity index (χ1) is 11.1. The SMILES string of the molecule is CCOc1cccc(C(=O)NNC(=O)Cc2ccc(Cl)cc2)c1. The largest absolute Gasteiger partial charge is 0.494 e. The summed E-state index contributed by atoms with van der Waals surface area (Å²) in [6.45, 7) is 2.38. The van der Waals surface area contributed by atoms with E-state index in [0.29, 0.717) is 22.9 Å². The minimum Gasteiger partial charge on any atom is -0.494 e. The molecule has 0 radical (unpaired) electrons. The summed E-state index contributed by atoms with van der Waals surface area (Å²) in [7, 11) is 0. The van der Waals surface area contributed by atoms with Gasteiger partial charge in [-0.25, -0.2) is 0 Å². The van der Waals surface area contributed by atoms with Crippen molar-refractivity contribution in [3.63, 3.8) is 0 Å². The number of carbonyl (C=O) groups excluding carboxylic acids is 2. The fourth-order valence-corrected chi connectivity index (χ4v) is 2.05. The number of hydrazine groups is 1. The van der Waals surface area contributed by atoms with Gasteiger partial charge in [0.25, 0.3) is 5.91 Å². The summed E-state index contributed by atoms with van der Waals surface area (Å²) in [6, 6.07) is 13.7. The molecule has 120 valence electrons. The van der Waals surface area contributed by atoms with Gasteiger partial charge in [0.1, 0.15) is 5.75 Å². The second-order valence-electron chi connectivity index (χ2n) is 4.77. The van der Waals surface area contributed by atoms with Gasteiger partial charge in [-0.3, -0.25) is 20.4 Å². The van der Waals surface area contributed by atoms with Crippen LogP contribution in [-0.2, 0) is 11.2 Å². The van der Waals surface area contributed by atoms with Crippen molar-refractivity contribution in [2.75, 3.05) is 6.61 Å². The number of amides is 2. The Morgan fingerprint density at radius 2 is 1.83 bits per heavy atom. The van der Waals surface area contributed by atoms with Gasteiger partial charge in [-0.05, 0) is 42.8 Å². The zero-order valence-electron chi connectivity index (χ0n) is 12.6. The molecule has 0 heterocycles. The lowest BCUT2D eigenvalue weighted by atomic mass is 10.1. The summed E-state index contributed by atoms with van der Waals surface area (Å²) in [6.07, 6.45) is 0.149. The van der Waals surface area contributed by atoms with E-state index in [9.17, 15) is 9.59 Å². The van der Waals surface area contributed by atoms with Crippen LogP contribution in [0, 0.1) is 0 Å². The maximum Gasteiger partial charge on any atom is 0.269 e. The molecule has 0 spiro atoms. The topological polar surface area (TPSA) is 67.4 Å². The van der Waals surface area contributed by atoms with E-state index in [1.807, 2.05) is 6.92 Å². The Morgan fingerprint density at radius 3 is 2.52 bits per heavy atom. The van der Waals surface area contributed by atoms with Crippen LogP contribution in [0.1, 0.15) is 22.8 Å². The summed E-state index contributed by atoms with van der Waals surface area (Å²) in [5.41, 5.74) is 5.97. The highest BCUT2D eigenvalue weighted by Gasteiger charge is 2.09. The molecule has 23 heavy (non-hydrogen) atoms. The molecule has 2 rings (SSSR count). The van der Waals surface area contributed by atoms with Crippen LogP contribution in [0.25, 0.3) is 0 Å². The first-order valence-corrected chi connectivity index (χ1v) is 7.52. The van der Waals surface area contributed by atoms with E-state index < -0.39 is 5.91 Å². The molecule has 0 atom stereocenters. The maximum atomic E-state index is 12.0. The number of nitrogens with one attached hydrogen (secondary N) is 2. The van der Waals surface area contributed by atoms with Gasteiger partial charge in [0.05, 0.1) is 13.0 Å². The average molecular weight is 333 g/mol. The third-order valence-corrected chi connectivity index (χ3v) is 3.25. The van der Waals surface area contributed by atoms with E-state index in [0.717, 1.165) is 5.56 Å². The van der Waals surface area contributed by atoms with Crippen LogP contribution in [0.3, 0.4) is 0 Å². The van der Waals surface area contributed by atoms with Crippen LogP contribution < -0.4 is 15.6 Å². The van der Waals surface area contributed by atoms with E-state index in [-0.39, 0.29) is 12.3 Å². The molecule has 2 amide bonds. The van der Waals surface area contributed by atoms with Gasteiger partial charge in [-0.2, -0.15) is 0 Å². The van der Waals surface area contributed by atoms with Crippen LogP contribution in [0.4, 0.5) is 0 Å². The zero-order valence-corrected chi connectivity index (χ0v) is 13.4. The van der Waals surface area contributed by atoms with Crippen molar-refractivity contribution in [1.82, 2.24) is 10.9 Å². The predicted octanol–water partition coefficient (Wildman–Crippen LogP) is 2.74. The Kier molecular flexibility index (Phi) is 6.00. The first-order valence-electron chi connectivity index (χ1n) is 7.15. The summed E-state index contributed by atoms with van der Waals surface area (Å²) in [5, 5.41) is 0.608. The van der Waals surface area contributed by atoms with E-state index in [1.165, 1.54) is 0 Å². The van der Waals surface area contributed by atoms with Crippen molar-refractivity contribution in [1.29, 1.82) is 0 Å². The lowest BCUT2D eigenvalue weighted by Gasteiger charge is -2.09. The minimum absolute atomic E-state index is 0.149. The number of carbonyl (C=O) groups is 2. The summed E-state index contributed by atoms with van der Waals surface area (Å²) in [5.74, 6) is -0.120. The fraction of sp³-hybridized carbons (Fsp3) is 0.176. The average Bonchev–Trinajstić information content (AvgIpc) is 2.55. The van der Waals surface area contributed by atoms with Crippen LogP contribution in [0.5, 0.6) is 5.75 Å². The standard InChI is InChI=1S/C17H17ClN2O3/c1-2-23-15-5-3-4-13(11-15)17(22)20-19-16(21)10-12-6-8-14(18)9-7-12/h3-9,11H,2,10H2,1H3,(H,19,21)(H,20,22). The molecular weight excluding hydrogens is 316 g/mol. The van der Waals surface area contributed by atoms with Crippen LogP contribution in [0.15, 0.2) is 48.5 Å². The van der Waals surface area contributed by atoms with Gasteiger partial charge in [-0.1, -0.05) is 29.8 Å². The molecule has 0 unspecified atom stereocenters. The first kappa shape index (κ1) is 16.8. The molecule has 5 nitrogen and oxygen atoms in total. The van der Waals surface area contributed by atoms with Crippen molar-refractivity contribution in [2.24, 2.45) is 0 Å². The Bertz CT molecular complexity index is 686. The molecule has 2 aromatic rings. The Labute approximate surface area is 139 Å². The van der Waals surface area contributed by atoms with E-state index in [4.69, 9.17) is 16.3 Å². The Morgan fingerprint density at radius 1 is 1.09 bits per heavy atom. The van der Waals surface area contributed by atoms with Crippen LogP contribution in [-0.4, -0.2) is 18.4 Å². The normalized spacial score (nSPS) is 10.0. The zero-order chi connectivity index (χ0) is 16.7. The van der Waals surface area contributed by atoms with Gasteiger partial charge in [0.2, 0.25) is 5.91 Å². The highest BCUT2D eigenvalue weighted by molar-refractivity contribution is 6.30. The highest BCUT2D eigenvalue weighted by Crippen LogP contribution is 2.13. The number of halogens is 1. The molecule has 0 aliphatic carbocycles. The third kappa shape index (κ3) is 5.30. The van der Waals surface area contributed by atoms with Gasteiger partial charge in [0, 0.05) is 10.6 Å². The smallest absolute Gasteiger partial charge is 0.269 e. The molecule has 2 N–H and O–H groups in total. The Balaban J connectivity index is 1.87. The van der Waals surface area contributed by atoms with E-state index in [1.54, 1.807) is 48.5 Å². The van der Waals surface area contributed by atoms with Crippen molar-refractivity contribution in [3.8, 4) is 5.75 Å². The Hall–Kier alpha value is -2.53. The quantitative estimate of drug-likeness (QED) is 0.827. The maximum absolute atomic E-state index is 12.0. The second kappa shape index (κ2) is 8.19. The minimum atomic E-state index is -0.406. The van der Waals surface area contributed by atoms with Crippen molar-refractivity contribution >= 4 is 23.4 Å². The number of ether oxygens (including phenoxy) is 1. The molecule has 0 fully saturated rings. The van der Waals surface area contributed by atoms with Crippen molar-refractivity contribution in [2.45, 2.75) is 13.3 Å². The lowest BCUT2D eigenvalue weighted by molar-refractivity contribution is -0.121. The van der Waals surface area contributed by atoms with Crippen LogP contribution in [0.2, 0.25) is 5.02 Å². The van der Waals surface area contributed by atoms with Gasteiger partial charge in [0.15, 0.2) is 0 Å². The molecule has 0 bridgehead atoms. The number of hydrogen-bond donors (Lipinski definition) is 2. The molecule has 0 saturated carbocycles. The van der Waals surface area contributed by atoms with Gasteiger partial charge in [-0.15, -0.1) is 0 Å². The lowest BCUT2D eigenvalue weighted by Crippen LogP contribution is -2.42. The highest BCUT2D eigenvalue weighted by atomic mass is 35.5. The fourth-order valence-electron chi connectivity index (χ4n) is 1.92. The number of benzene rings is 2. The summed E-state index contributed by atoms with van der Waals surface area (Å²) < 4.78 is 5.33. The van der Waals surface area contributed by atoms with E-state index >= 15 is 0 Å². The third-order valence-electron chi connectivity index (χ3n) is 3.00. The number of rotatable bonds is 5. The molecule has 6 heteroatoms. The number of hydrogen-bond acceptors (Lipinski definition) is 3. The molecule has 0 aliphatic rings. The summed E-state index contributed by atoms with van der Waals surface area (Å²) >= 11 is 5.79. The predicted molar refractivity (Wildman–Crippen MR) is 88.4 cm³/mol. The molecule has 0 saturated heterocycles. The molecule has 2 aromatic carbocycles. The van der Waals surface area contributed by atoms with Crippen molar-refractivity contribution < 1.29 is 14.3 Å². The van der Waals surface area contributed by atoms with Crippen LogP contribution >= 0.6 is 11.6 Å². The van der Waals surface area contributed by atoms with Gasteiger partial charge >= 0.3 is 0 Å². The molecule has 0 aromatic heterocycles. The van der Waals surface area contributed by atoms with Gasteiger partial charge < -0.3 is 4.74 Å². The summed E-state index contributed by atoms with van der Waals surface area (Å²) in [4.78, 5) is 23.8. The molecular formula is C17H17ClN2O3. The van der Waals surface area contributed by atoms with Crippen molar-refractivity contribution in [3.05, 3.63) is 64.7 Å². The molecule has 0 aliphatic heterocycles. The van der Waals surface area contributed by atoms with E-state index in [2.05, 4.69) is 10.9 Å². The second-order valence-corrected chi connectivity index (χ2v) is 5.20.